The zero-order valence-corrected chi connectivity index (χ0v) is 16.8. The van der Waals surface area contributed by atoms with Crippen LogP contribution in [0.2, 0.25) is 0 Å². The van der Waals surface area contributed by atoms with E-state index >= 15 is 0 Å². The number of carbonyl (C=O) groups excluding carboxylic acids is 1. The number of rotatable bonds is 5. The highest BCUT2D eigenvalue weighted by Crippen LogP contribution is 2.33. The number of hydrogen-bond acceptors (Lipinski definition) is 3. The van der Waals surface area contributed by atoms with Gasteiger partial charge in [0.2, 0.25) is 5.43 Å². The second-order valence-electron chi connectivity index (χ2n) is 6.87. The van der Waals surface area contributed by atoms with Gasteiger partial charge in [-0.05, 0) is 43.7 Å². The molecule has 2 aromatic carbocycles. The maximum atomic E-state index is 13.5. The largest absolute Gasteiger partial charge is 0.418 e. The number of nitrogens with zero attached hydrogens (tertiary/aromatic N) is 3. The number of aromatic nitrogens is 2. The molecule has 3 rings (SSSR count). The molecule has 162 valence electrons. The number of halogens is 4. The van der Waals surface area contributed by atoms with Gasteiger partial charge in [-0.1, -0.05) is 24.3 Å². The highest BCUT2D eigenvalue weighted by atomic mass is 19.4. The minimum Gasteiger partial charge on any atom is -0.333 e. The van der Waals surface area contributed by atoms with Crippen molar-refractivity contribution in [3.63, 3.8) is 0 Å². The summed E-state index contributed by atoms with van der Waals surface area (Å²) in [7, 11) is 0. The highest BCUT2D eigenvalue weighted by Gasteiger charge is 2.34. The summed E-state index contributed by atoms with van der Waals surface area (Å²) in [5, 5.41) is 3.98. The van der Waals surface area contributed by atoms with E-state index < -0.39 is 34.6 Å². The van der Waals surface area contributed by atoms with Crippen LogP contribution in [0.15, 0.2) is 59.4 Å². The Morgan fingerprint density at radius 1 is 1.10 bits per heavy atom. The van der Waals surface area contributed by atoms with E-state index in [0.29, 0.717) is 5.56 Å². The minimum absolute atomic E-state index is 0.0151. The third-order valence-electron chi connectivity index (χ3n) is 4.68. The Labute approximate surface area is 175 Å². The zero-order valence-electron chi connectivity index (χ0n) is 16.8. The quantitative estimate of drug-likeness (QED) is 0.562. The van der Waals surface area contributed by atoms with Gasteiger partial charge in [-0.3, -0.25) is 9.59 Å². The fraction of sp³-hybridized carbons (Fsp3) is 0.227. The Balaban J connectivity index is 2.05. The van der Waals surface area contributed by atoms with E-state index in [1.54, 1.807) is 13.0 Å². The van der Waals surface area contributed by atoms with E-state index in [4.69, 9.17) is 0 Å². The molecule has 3 aromatic rings. The molecule has 0 aliphatic carbocycles. The van der Waals surface area contributed by atoms with Gasteiger partial charge in [-0.2, -0.15) is 18.3 Å². The topological polar surface area (TPSA) is 55.2 Å². The van der Waals surface area contributed by atoms with Crippen molar-refractivity contribution >= 4 is 5.91 Å². The summed E-state index contributed by atoms with van der Waals surface area (Å²) < 4.78 is 54.8. The number of alkyl halides is 3. The molecule has 1 heterocycles. The summed E-state index contributed by atoms with van der Waals surface area (Å²) in [6.07, 6.45) is -4.65. The first-order valence-electron chi connectivity index (χ1n) is 9.43. The van der Waals surface area contributed by atoms with Crippen molar-refractivity contribution in [2.24, 2.45) is 0 Å². The standard InChI is InChI=1S/C22H19F4N3O2/c1-3-28(13-15-7-6-8-16(23)12-15)21(31)20-19(30)11-14(2)29(27-20)18-10-5-4-9-17(18)22(24,25)26/h4-12H,3,13H2,1-2H3. The first-order valence-corrected chi connectivity index (χ1v) is 9.43. The molecule has 0 fully saturated rings. The van der Waals surface area contributed by atoms with Gasteiger partial charge < -0.3 is 4.90 Å². The molecule has 9 heteroatoms. The summed E-state index contributed by atoms with van der Waals surface area (Å²) in [5.41, 5.74) is -1.81. The molecule has 1 aromatic heterocycles. The first kappa shape index (κ1) is 22.2. The minimum atomic E-state index is -4.65. The predicted molar refractivity (Wildman–Crippen MR) is 106 cm³/mol. The van der Waals surface area contributed by atoms with E-state index in [1.807, 2.05) is 0 Å². The molecule has 0 N–H and O–H groups in total. The van der Waals surface area contributed by atoms with Crippen LogP contribution in [0.3, 0.4) is 0 Å². The first-order chi connectivity index (χ1) is 14.6. The predicted octanol–water partition coefficient (Wildman–Crippen LogP) is 4.36. The molecule has 5 nitrogen and oxygen atoms in total. The van der Waals surface area contributed by atoms with Crippen LogP contribution in [0.4, 0.5) is 17.6 Å². The third kappa shape index (κ3) is 4.82. The van der Waals surface area contributed by atoms with E-state index in [0.717, 1.165) is 16.8 Å². The fourth-order valence-electron chi connectivity index (χ4n) is 3.17. The van der Waals surface area contributed by atoms with E-state index in [2.05, 4.69) is 5.10 Å². The van der Waals surface area contributed by atoms with Crippen molar-refractivity contribution in [3.05, 3.63) is 93.2 Å². The van der Waals surface area contributed by atoms with Crippen LogP contribution in [-0.2, 0) is 12.7 Å². The van der Waals surface area contributed by atoms with Crippen molar-refractivity contribution in [1.29, 1.82) is 0 Å². The second-order valence-corrected chi connectivity index (χ2v) is 6.87. The summed E-state index contributed by atoms with van der Waals surface area (Å²) in [4.78, 5) is 26.7. The van der Waals surface area contributed by atoms with Crippen LogP contribution in [0.25, 0.3) is 5.69 Å². The van der Waals surface area contributed by atoms with Gasteiger partial charge in [-0.15, -0.1) is 0 Å². The maximum Gasteiger partial charge on any atom is 0.418 e. The van der Waals surface area contributed by atoms with Crippen molar-refractivity contribution < 1.29 is 22.4 Å². The zero-order chi connectivity index (χ0) is 22.8. The smallest absolute Gasteiger partial charge is 0.333 e. The number of benzene rings is 2. The van der Waals surface area contributed by atoms with E-state index in [1.165, 1.54) is 48.2 Å². The van der Waals surface area contributed by atoms with Gasteiger partial charge in [0.15, 0.2) is 5.69 Å². The van der Waals surface area contributed by atoms with Crippen LogP contribution in [0, 0.1) is 12.7 Å². The van der Waals surface area contributed by atoms with Gasteiger partial charge >= 0.3 is 6.18 Å². The third-order valence-corrected chi connectivity index (χ3v) is 4.68. The van der Waals surface area contributed by atoms with Gasteiger partial charge in [0.25, 0.3) is 5.91 Å². The summed E-state index contributed by atoms with van der Waals surface area (Å²) in [6.45, 7) is 3.30. The molecular weight excluding hydrogens is 414 g/mol. The monoisotopic (exact) mass is 433 g/mol. The second kappa shape index (κ2) is 8.71. The van der Waals surface area contributed by atoms with Gasteiger partial charge in [-0.25, -0.2) is 9.07 Å². The van der Waals surface area contributed by atoms with Crippen molar-refractivity contribution in [3.8, 4) is 5.69 Å². The van der Waals surface area contributed by atoms with Gasteiger partial charge in [0.05, 0.1) is 11.3 Å². The summed E-state index contributed by atoms with van der Waals surface area (Å²) in [6, 6.07) is 11.5. The number of carbonyl (C=O) groups is 1. The number of hydrogen-bond donors (Lipinski definition) is 0. The van der Waals surface area contributed by atoms with Crippen LogP contribution in [0.1, 0.15) is 34.2 Å². The number of para-hydroxylation sites is 1. The molecule has 0 aliphatic heterocycles. The Kier molecular flexibility index (Phi) is 6.24. The number of amides is 1. The highest BCUT2D eigenvalue weighted by molar-refractivity contribution is 5.92. The Morgan fingerprint density at radius 2 is 1.81 bits per heavy atom. The van der Waals surface area contributed by atoms with Crippen molar-refractivity contribution in [1.82, 2.24) is 14.7 Å². The van der Waals surface area contributed by atoms with Crippen molar-refractivity contribution in [2.45, 2.75) is 26.6 Å². The van der Waals surface area contributed by atoms with Crippen LogP contribution in [0.5, 0.6) is 0 Å². The maximum absolute atomic E-state index is 13.5. The van der Waals surface area contributed by atoms with E-state index in [9.17, 15) is 27.2 Å². The van der Waals surface area contributed by atoms with Crippen LogP contribution >= 0.6 is 0 Å². The lowest BCUT2D eigenvalue weighted by atomic mass is 10.1. The van der Waals surface area contributed by atoms with Crippen LogP contribution in [-0.4, -0.2) is 27.1 Å². The molecule has 0 unspecified atom stereocenters. The van der Waals surface area contributed by atoms with Crippen molar-refractivity contribution in [2.75, 3.05) is 6.54 Å². The lowest BCUT2D eigenvalue weighted by Crippen LogP contribution is -2.36. The Hall–Kier alpha value is -3.49. The lowest BCUT2D eigenvalue weighted by Gasteiger charge is -2.21. The molecule has 1 amide bonds. The Morgan fingerprint density at radius 3 is 2.45 bits per heavy atom. The van der Waals surface area contributed by atoms with E-state index in [-0.39, 0.29) is 24.5 Å². The molecule has 0 atom stereocenters. The van der Waals surface area contributed by atoms with Crippen LogP contribution < -0.4 is 5.43 Å². The molecule has 0 saturated carbocycles. The number of aryl methyl sites for hydroxylation is 1. The molecule has 0 saturated heterocycles. The van der Waals surface area contributed by atoms with Gasteiger partial charge in [0, 0.05) is 24.8 Å². The molecular formula is C22H19F4N3O2. The lowest BCUT2D eigenvalue weighted by molar-refractivity contribution is -0.137. The molecule has 31 heavy (non-hydrogen) atoms. The summed E-state index contributed by atoms with van der Waals surface area (Å²) in [5.74, 6) is -1.23. The molecule has 0 spiro atoms. The average Bonchev–Trinajstić information content (AvgIpc) is 2.71. The molecule has 0 bridgehead atoms. The normalized spacial score (nSPS) is 11.4. The fourth-order valence-corrected chi connectivity index (χ4v) is 3.17. The summed E-state index contributed by atoms with van der Waals surface area (Å²) >= 11 is 0. The molecule has 0 aliphatic rings. The molecule has 0 radical (unpaired) electrons. The Bertz CT molecular complexity index is 1170. The van der Waals surface area contributed by atoms with Gasteiger partial charge in [0.1, 0.15) is 5.82 Å². The SMILES string of the molecule is CCN(Cc1cccc(F)c1)C(=O)c1nn(-c2ccccc2C(F)(F)F)c(C)cc1=O. The average molecular weight is 433 g/mol.